The number of hydrogen-bond donors (Lipinski definition) is 0. The summed E-state index contributed by atoms with van der Waals surface area (Å²) in [5, 5.41) is 0. The number of benzene rings is 1. The Morgan fingerprint density at radius 3 is 2.68 bits per heavy atom. The van der Waals surface area contributed by atoms with E-state index in [2.05, 4.69) is 0 Å². The number of carbonyl (C=O) groups is 3. The van der Waals surface area contributed by atoms with Crippen molar-refractivity contribution < 1.29 is 18.8 Å². The summed E-state index contributed by atoms with van der Waals surface area (Å²) >= 11 is 0. The second-order valence-corrected chi connectivity index (χ2v) is 4.32. The van der Waals surface area contributed by atoms with Crippen molar-refractivity contribution in [2.24, 2.45) is 0 Å². The first-order valence-electron chi connectivity index (χ1n) is 5.99. The summed E-state index contributed by atoms with van der Waals surface area (Å²) in [4.78, 5) is 34.5. The lowest BCUT2D eigenvalue weighted by atomic mass is 10.1. The Morgan fingerprint density at radius 1 is 1.42 bits per heavy atom. The van der Waals surface area contributed by atoms with Crippen LogP contribution >= 0.6 is 0 Å². The van der Waals surface area contributed by atoms with Crippen molar-refractivity contribution in [3.8, 4) is 0 Å². The van der Waals surface area contributed by atoms with E-state index in [1.807, 2.05) is 0 Å². The van der Waals surface area contributed by atoms with E-state index in [0.29, 0.717) is 12.8 Å². The zero-order valence-corrected chi connectivity index (χ0v) is 10.9. The predicted molar refractivity (Wildman–Crippen MR) is 68.1 cm³/mol. The van der Waals surface area contributed by atoms with E-state index in [1.165, 1.54) is 25.1 Å². The summed E-state index contributed by atoms with van der Waals surface area (Å²) in [5.41, 5.74) is 0.368. The Kier molecular flexibility index (Phi) is 5.36. The first-order chi connectivity index (χ1) is 9.02. The lowest BCUT2D eigenvalue weighted by Gasteiger charge is -2.23. The van der Waals surface area contributed by atoms with Gasteiger partial charge in [0.05, 0.1) is 0 Å². The molecule has 0 radical (unpaired) electrons. The Hall–Kier alpha value is -2.04. The van der Waals surface area contributed by atoms with Gasteiger partial charge in [-0.15, -0.1) is 0 Å². The van der Waals surface area contributed by atoms with Crippen molar-refractivity contribution >= 4 is 18.6 Å². The fourth-order valence-electron chi connectivity index (χ4n) is 1.78. The maximum atomic E-state index is 13.4. The van der Waals surface area contributed by atoms with Crippen LogP contribution < -0.4 is 0 Å². The number of rotatable bonds is 6. The van der Waals surface area contributed by atoms with Gasteiger partial charge in [-0.2, -0.15) is 0 Å². The minimum Gasteiger partial charge on any atom is -0.303 e. The van der Waals surface area contributed by atoms with Gasteiger partial charge in [0.25, 0.3) is 5.91 Å². The molecule has 0 saturated heterocycles. The molecule has 1 rings (SSSR count). The van der Waals surface area contributed by atoms with Crippen LogP contribution in [0.4, 0.5) is 4.39 Å². The van der Waals surface area contributed by atoms with E-state index in [4.69, 9.17) is 0 Å². The molecule has 0 spiro atoms. The summed E-state index contributed by atoms with van der Waals surface area (Å²) < 4.78 is 13.4. The van der Waals surface area contributed by atoms with Gasteiger partial charge in [-0.3, -0.25) is 14.5 Å². The number of hydrogen-bond acceptors (Lipinski definition) is 3. The topological polar surface area (TPSA) is 54.5 Å². The van der Waals surface area contributed by atoms with E-state index >= 15 is 0 Å². The van der Waals surface area contributed by atoms with Gasteiger partial charge in [0.15, 0.2) is 0 Å². The summed E-state index contributed by atoms with van der Waals surface area (Å²) in [6, 6.07) is 3.75. The lowest BCUT2D eigenvalue weighted by Crippen LogP contribution is -2.38. The Labute approximate surface area is 111 Å². The lowest BCUT2D eigenvalue weighted by molar-refractivity contribution is -0.118. The molecular weight excluding hydrogens is 249 g/mol. The van der Waals surface area contributed by atoms with Crippen LogP contribution in [0.25, 0.3) is 0 Å². The van der Waals surface area contributed by atoms with Crippen molar-refractivity contribution in [3.05, 3.63) is 35.1 Å². The summed E-state index contributed by atoms with van der Waals surface area (Å²) in [7, 11) is 0. The molecule has 0 bridgehead atoms. The molecule has 0 heterocycles. The average molecular weight is 265 g/mol. The van der Waals surface area contributed by atoms with Crippen LogP contribution in [0.15, 0.2) is 18.2 Å². The first-order valence-corrected chi connectivity index (χ1v) is 5.99. The van der Waals surface area contributed by atoms with Gasteiger partial charge < -0.3 is 4.79 Å². The number of nitrogens with zero attached hydrogens (tertiary/aromatic N) is 1. The van der Waals surface area contributed by atoms with Crippen LogP contribution in [0.1, 0.15) is 35.7 Å². The number of halogens is 1. The second-order valence-electron chi connectivity index (χ2n) is 4.32. The largest absolute Gasteiger partial charge is 0.303 e. The van der Waals surface area contributed by atoms with Crippen molar-refractivity contribution in [2.45, 2.75) is 32.7 Å². The van der Waals surface area contributed by atoms with Crippen LogP contribution in [-0.2, 0) is 9.59 Å². The zero-order chi connectivity index (χ0) is 14.4. The summed E-state index contributed by atoms with van der Waals surface area (Å²) in [6.07, 6.45) is 1.81. The van der Waals surface area contributed by atoms with Gasteiger partial charge in [0, 0.05) is 18.0 Å². The fraction of sp³-hybridized carbons (Fsp3) is 0.357. The minimum absolute atomic E-state index is 0.157. The van der Waals surface area contributed by atoms with Gasteiger partial charge >= 0.3 is 0 Å². The average Bonchev–Trinajstić information content (AvgIpc) is 2.40. The molecule has 0 aliphatic rings. The molecule has 5 heteroatoms. The van der Waals surface area contributed by atoms with E-state index in [9.17, 15) is 18.8 Å². The van der Waals surface area contributed by atoms with Crippen LogP contribution in [0.5, 0.6) is 0 Å². The maximum absolute atomic E-state index is 13.4. The molecule has 0 N–H and O–H groups in total. The molecule has 1 aromatic rings. The van der Waals surface area contributed by atoms with E-state index in [0.717, 1.165) is 11.2 Å². The van der Waals surface area contributed by atoms with Crippen LogP contribution in [0, 0.1) is 12.7 Å². The van der Waals surface area contributed by atoms with Crippen LogP contribution in [0.3, 0.4) is 0 Å². The molecule has 19 heavy (non-hydrogen) atoms. The van der Waals surface area contributed by atoms with Crippen molar-refractivity contribution in [3.63, 3.8) is 0 Å². The zero-order valence-electron chi connectivity index (χ0n) is 10.9. The van der Waals surface area contributed by atoms with E-state index in [1.54, 1.807) is 6.92 Å². The van der Waals surface area contributed by atoms with Crippen molar-refractivity contribution in [2.75, 3.05) is 0 Å². The Bertz CT molecular complexity index is 488. The first kappa shape index (κ1) is 15.0. The molecule has 1 aromatic carbocycles. The van der Waals surface area contributed by atoms with Crippen molar-refractivity contribution in [1.29, 1.82) is 0 Å². The van der Waals surface area contributed by atoms with Crippen LogP contribution in [-0.4, -0.2) is 29.5 Å². The van der Waals surface area contributed by atoms with Gasteiger partial charge in [-0.25, -0.2) is 4.39 Å². The fourth-order valence-corrected chi connectivity index (χ4v) is 1.78. The van der Waals surface area contributed by atoms with Gasteiger partial charge in [0.1, 0.15) is 12.1 Å². The molecule has 0 aliphatic carbocycles. The summed E-state index contributed by atoms with van der Waals surface area (Å²) in [5.74, 6) is -1.04. The number of amides is 2. The molecule has 0 aromatic heterocycles. The third-order valence-corrected chi connectivity index (χ3v) is 3.02. The molecule has 1 atom stereocenters. The highest BCUT2D eigenvalue weighted by molar-refractivity contribution is 6.01. The molecule has 2 amide bonds. The quantitative estimate of drug-likeness (QED) is 0.740. The smallest absolute Gasteiger partial charge is 0.260 e. The predicted octanol–water partition coefficient (Wildman–Crippen LogP) is 2.10. The standard InChI is InChI=1S/C14H16FNO3/c1-10(5-4-8-17)16(9-18)14(19)12-6-3-7-13(15)11(12)2/h3,6-10H,4-5H2,1-2H3. The van der Waals surface area contributed by atoms with Gasteiger partial charge in [0.2, 0.25) is 6.41 Å². The highest BCUT2D eigenvalue weighted by Gasteiger charge is 2.22. The number of carbonyl (C=O) groups excluding carboxylic acids is 3. The Balaban J connectivity index is 2.98. The maximum Gasteiger partial charge on any atom is 0.260 e. The molecule has 1 unspecified atom stereocenters. The van der Waals surface area contributed by atoms with Gasteiger partial charge in [-0.1, -0.05) is 6.07 Å². The minimum atomic E-state index is -0.551. The Morgan fingerprint density at radius 2 is 2.11 bits per heavy atom. The molecule has 102 valence electrons. The number of aldehydes is 1. The highest BCUT2D eigenvalue weighted by atomic mass is 19.1. The molecule has 4 nitrogen and oxygen atoms in total. The highest BCUT2D eigenvalue weighted by Crippen LogP contribution is 2.16. The normalized spacial score (nSPS) is 11.7. The third-order valence-electron chi connectivity index (χ3n) is 3.02. The third kappa shape index (κ3) is 3.47. The monoisotopic (exact) mass is 265 g/mol. The number of imide groups is 1. The SMILES string of the molecule is Cc1c(F)cccc1C(=O)N(C=O)C(C)CCC=O. The molecule has 0 fully saturated rings. The van der Waals surface area contributed by atoms with E-state index in [-0.39, 0.29) is 17.5 Å². The second kappa shape index (κ2) is 6.78. The van der Waals surface area contributed by atoms with Crippen LogP contribution in [0.2, 0.25) is 0 Å². The summed E-state index contributed by atoms with van der Waals surface area (Å²) in [6.45, 7) is 3.16. The van der Waals surface area contributed by atoms with Gasteiger partial charge in [-0.05, 0) is 38.0 Å². The van der Waals surface area contributed by atoms with Crippen molar-refractivity contribution in [1.82, 2.24) is 4.90 Å². The molecule has 0 aliphatic heterocycles. The van der Waals surface area contributed by atoms with E-state index < -0.39 is 17.8 Å². The molecular formula is C14H16FNO3. The molecule has 0 saturated carbocycles.